The Morgan fingerprint density at radius 3 is 1.93 bits per heavy atom. The van der Waals surface area contributed by atoms with Gasteiger partial charge in [-0.25, -0.2) is 9.97 Å². The molecule has 138 valence electrons. The van der Waals surface area contributed by atoms with Gasteiger partial charge in [-0.1, -0.05) is 0 Å². The number of aryl methyl sites for hydroxylation is 2. The van der Waals surface area contributed by atoms with Gasteiger partial charge in [-0.2, -0.15) is 0 Å². The molecule has 2 aromatic carbocycles. The molecule has 1 N–H and O–H groups in total. The van der Waals surface area contributed by atoms with E-state index < -0.39 is 0 Å². The van der Waals surface area contributed by atoms with Crippen molar-refractivity contribution in [2.45, 2.75) is 13.8 Å². The lowest BCUT2D eigenvalue weighted by Crippen LogP contribution is -1.89. The average molecular weight is 400 g/mol. The van der Waals surface area contributed by atoms with E-state index in [1.807, 2.05) is 19.9 Å². The Morgan fingerprint density at radius 1 is 0.889 bits per heavy atom. The SMILES string of the molecule is COc1ccc2nc(C)sc2c1C=O.Cc1nc2ccc(O)c(C=O)c2s1. The first kappa shape index (κ1) is 18.9. The van der Waals surface area contributed by atoms with Crippen molar-refractivity contribution in [3.63, 3.8) is 0 Å². The van der Waals surface area contributed by atoms with Gasteiger partial charge in [0.2, 0.25) is 0 Å². The number of phenolic OH excluding ortho intramolecular Hbond substituents is 1. The quantitative estimate of drug-likeness (QED) is 0.508. The van der Waals surface area contributed by atoms with Crippen LogP contribution in [0.5, 0.6) is 11.5 Å². The Balaban J connectivity index is 0.000000156. The molecule has 0 radical (unpaired) electrons. The molecule has 0 atom stereocenters. The number of aromatic nitrogens is 2. The van der Waals surface area contributed by atoms with Gasteiger partial charge in [0.05, 0.1) is 48.7 Å². The Bertz CT molecular complexity index is 1150. The van der Waals surface area contributed by atoms with Crippen LogP contribution in [0.15, 0.2) is 24.3 Å². The predicted octanol–water partition coefficient (Wildman–Crippen LogP) is 4.55. The van der Waals surface area contributed by atoms with Gasteiger partial charge in [-0.3, -0.25) is 9.59 Å². The highest BCUT2D eigenvalue weighted by Gasteiger charge is 2.11. The van der Waals surface area contributed by atoms with Crippen molar-refractivity contribution in [3.8, 4) is 11.5 Å². The van der Waals surface area contributed by atoms with Crippen molar-refractivity contribution in [2.24, 2.45) is 0 Å². The highest BCUT2D eigenvalue weighted by molar-refractivity contribution is 7.19. The maximum Gasteiger partial charge on any atom is 0.155 e. The highest BCUT2D eigenvalue weighted by atomic mass is 32.1. The summed E-state index contributed by atoms with van der Waals surface area (Å²) >= 11 is 2.93. The third kappa shape index (κ3) is 3.67. The molecule has 0 saturated carbocycles. The maximum absolute atomic E-state index is 10.9. The van der Waals surface area contributed by atoms with Crippen molar-refractivity contribution in [3.05, 3.63) is 45.4 Å². The zero-order chi connectivity index (χ0) is 19.6. The Morgan fingerprint density at radius 2 is 1.41 bits per heavy atom. The highest BCUT2D eigenvalue weighted by Crippen LogP contribution is 2.31. The Hall–Kier alpha value is -2.84. The number of aldehydes is 2. The summed E-state index contributed by atoms with van der Waals surface area (Å²) in [6.45, 7) is 3.79. The van der Waals surface area contributed by atoms with Crippen molar-refractivity contribution in [1.82, 2.24) is 9.97 Å². The molecule has 8 heteroatoms. The summed E-state index contributed by atoms with van der Waals surface area (Å²) in [5.41, 5.74) is 2.55. The standard InChI is InChI=1S/C10H9NO2S.C9H7NO2S/c1-6-11-8-3-4-9(13-2)7(5-12)10(8)14-6;1-5-10-7-2-3-8(12)6(4-11)9(7)13-5/h3-5H,1-2H3;2-4,12H,1H3. The smallest absolute Gasteiger partial charge is 0.155 e. The molecule has 4 rings (SSSR count). The van der Waals surface area contributed by atoms with E-state index in [2.05, 4.69) is 9.97 Å². The Labute approximate surface area is 163 Å². The van der Waals surface area contributed by atoms with E-state index in [1.54, 1.807) is 19.2 Å². The minimum absolute atomic E-state index is 0.0196. The number of carbonyl (C=O) groups excluding carboxylic acids is 2. The number of methoxy groups -OCH3 is 1. The number of hydrogen-bond donors (Lipinski definition) is 1. The fourth-order valence-corrected chi connectivity index (χ4v) is 4.46. The van der Waals surface area contributed by atoms with E-state index in [0.717, 1.165) is 36.7 Å². The van der Waals surface area contributed by atoms with Crippen LogP contribution in [0.2, 0.25) is 0 Å². The molecule has 4 aromatic rings. The van der Waals surface area contributed by atoms with E-state index in [1.165, 1.54) is 28.7 Å². The number of benzene rings is 2. The van der Waals surface area contributed by atoms with Gasteiger partial charge < -0.3 is 9.84 Å². The number of phenols is 1. The molecule has 0 aliphatic heterocycles. The molecular weight excluding hydrogens is 384 g/mol. The van der Waals surface area contributed by atoms with Crippen LogP contribution in [0.25, 0.3) is 20.4 Å². The lowest BCUT2D eigenvalue weighted by atomic mass is 10.2. The van der Waals surface area contributed by atoms with Crippen molar-refractivity contribution in [1.29, 1.82) is 0 Å². The lowest BCUT2D eigenvalue weighted by Gasteiger charge is -2.02. The first-order valence-corrected chi connectivity index (χ1v) is 9.55. The average Bonchev–Trinajstić information content (AvgIpc) is 3.22. The number of thiazole rings is 2. The van der Waals surface area contributed by atoms with Crippen LogP contribution >= 0.6 is 22.7 Å². The number of ether oxygens (including phenoxy) is 1. The maximum atomic E-state index is 10.9. The minimum Gasteiger partial charge on any atom is -0.507 e. The molecule has 0 unspecified atom stereocenters. The molecule has 2 heterocycles. The van der Waals surface area contributed by atoms with E-state index >= 15 is 0 Å². The number of nitrogens with zero attached hydrogens (tertiary/aromatic N) is 2. The Kier molecular flexibility index (Phi) is 5.48. The number of hydrogen-bond acceptors (Lipinski definition) is 8. The van der Waals surface area contributed by atoms with E-state index in [9.17, 15) is 14.7 Å². The predicted molar refractivity (Wildman–Crippen MR) is 108 cm³/mol. The van der Waals surface area contributed by atoms with E-state index in [-0.39, 0.29) is 5.75 Å². The first-order chi connectivity index (χ1) is 13.0. The normalized spacial score (nSPS) is 10.5. The monoisotopic (exact) mass is 400 g/mol. The summed E-state index contributed by atoms with van der Waals surface area (Å²) < 4.78 is 6.76. The third-order valence-electron chi connectivity index (χ3n) is 3.80. The molecule has 0 saturated heterocycles. The van der Waals surface area contributed by atoms with Gasteiger partial charge in [0.1, 0.15) is 11.5 Å². The van der Waals surface area contributed by atoms with Crippen LogP contribution in [0.3, 0.4) is 0 Å². The molecular formula is C19H16N2O4S2. The van der Waals surface area contributed by atoms with Crippen molar-refractivity contribution in [2.75, 3.05) is 7.11 Å². The van der Waals surface area contributed by atoms with Crippen LogP contribution in [-0.4, -0.2) is 34.8 Å². The second-order valence-corrected chi connectivity index (χ2v) is 7.98. The molecule has 0 fully saturated rings. The van der Waals surface area contributed by atoms with Crippen LogP contribution in [0.1, 0.15) is 30.7 Å². The fraction of sp³-hybridized carbons (Fsp3) is 0.158. The van der Waals surface area contributed by atoms with Gasteiger partial charge in [0.25, 0.3) is 0 Å². The first-order valence-electron chi connectivity index (χ1n) is 7.92. The molecule has 2 aromatic heterocycles. The summed E-state index contributed by atoms with van der Waals surface area (Å²) in [7, 11) is 1.56. The number of aromatic hydroxyl groups is 1. The summed E-state index contributed by atoms with van der Waals surface area (Å²) in [5, 5.41) is 11.2. The molecule has 27 heavy (non-hydrogen) atoms. The summed E-state index contributed by atoms with van der Waals surface area (Å²) in [5.74, 6) is 0.627. The second kappa shape index (κ2) is 7.81. The van der Waals surface area contributed by atoms with Crippen molar-refractivity contribution < 1.29 is 19.4 Å². The van der Waals surface area contributed by atoms with Crippen LogP contribution in [-0.2, 0) is 0 Å². The summed E-state index contributed by atoms with van der Waals surface area (Å²) in [4.78, 5) is 30.1. The van der Waals surface area contributed by atoms with Gasteiger partial charge in [-0.15, -0.1) is 22.7 Å². The number of carbonyl (C=O) groups is 2. The zero-order valence-corrected chi connectivity index (χ0v) is 16.5. The van der Waals surface area contributed by atoms with Gasteiger partial charge >= 0.3 is 0 Å². The van der Waals surface area contributed by atoms with Crippen molar-refractivity contribution >= 4 is 55.7 Å². The lowest BCUT2D eigenvalue weighted by molar-refractivity contribution is 0.111. The number of rotatable bonds is 3. The van der Waals surface area contributed by atoms with E-state index in [0.29, 0.717) is 23.2 Å². The topological polar surface area (TPSA) is 89.4 Å². The summed E-state index contributed by atoms with van der Waals surface area (Å²) in [6, 6.07) is 6.84. The molecule has 0 amide bonds. The molecule has 0 aliphatic carbocycles. The molecule has 0 aliphatic rings. The van der Waals surface area contributed by atoms with E-state index in [4.69, 9.17) is 4.74 Å². The van der Waals surface area contributed by atoms with Crippen LogP contribution < -0.4 is 4.74 Å². The summed E-state index contributed by atoms with van der Waals surface area (Å²) in [6.07, 6.45) is 1.48. The largest absolute Gasteiger partial charge is 0.507 e. The molecule has 0 spiro atoms. The van der Waals surface area contributed by atoms with Gasteiger partial charge in [-0.05, 0) is 38.1 Å². The second-order valence-electron chi connectivity index (χ2n) is 5.58. The molecule has 0 bridgehead atoms. The minimum atomic E-state index is 0.0196. The van der Waals surface area contributed by atoms with Gasteiger partial charge in [0, 0.05) is 0 Å². The third-order valence-corrected chi connectivity index (χ3v) is 5.84. The molecule has 6 nitrogen and oxygen atoms in total. The van der Waals surface area contributed by atoms with Crippen LogP contribution in [0, 0.1) is 13.8 Å². The number of fused-ring (bicyclic) bond motifs is 2. The van der Waals surface area contributed by atoms with Crippen LogP contribution in [0.4, 0.5) is 0 Å². The van der Waals surface area contributed by atoms with Gasteiger partial charge in [0.15, 0.2) is 12.6 Å². The fourth-order valence-electron chi connectivity index (χ4n) is 2.62. The zero-order valence-electron chi connectivity index (χ0n) is 14.8.